The maximum atomic E-state index is 13.5. The lowest BCUT2D eigenvalue weighted by Crippen LogP contribution is -2.35. The molecule has 0 radical (unpaired) electrons. The van der Waals surface area contributed by atoms with Crippen LogP contribution in [0.2, 0.25) is 0 Å². The number of ether oxygens (including phenoxy) is 1. The van der Waals surface area contributed by atoms with Gasteiger partial charge in [-0.25, -0.2) is 8.42 Å². The molecular weight excluding hydrogens is 400 g/mol. The van der Waals surface area contributed by atoms with E-state index >= 15 is 0 Å². The zero-order chi connectivity index (χ0) is 21.0. The number of sulfonamides is 1. The highest BCUT2D eigenvalue weighted by atomic mass is 32.2. The van der Waals surface area contributed by atoms with Crippen LogP contribution in [0.5, 0.6) is 11.5 Å². The quantitative estimate of drug-likeness (QED) is 0.663. The fourth-order valence-electron chi connectivity index (χ4n) is 4.08. The van der Waals surface area contributed by atoms with Crippen LogP contribution >= 0.6 is 0 Å². The minimum Gasteiger partial charge on any atom is -0.454 e. The Kier molecular flexibility index (Phi) is 4.11. The first-order chi connectivity index (χ1) is 14.3. The highest BCUT2D eigenvalue weighted by Crippen LogP contribution is 2.40. The summed E-state index contributed by atoms with van der Waals surface area (Å²) in [5, 5.41) is 2.81. The van der Waals surface area contributed by atoms with E-state index < -0.39 is 15.9 Å². The van der Waals surface area contributed by atoms with Crippen molar-refractivity contribution in [2.24, 2.45) is 0 Å². The summed E-state index contributed by atoms with van der Waals surface area (Å²) < 4.78 is 34.4. The van der Waals surface area contributed by atoms with Gasteiger partial charge in [0.2, 0.25) is 0 Å². The minimum absolute atomic E-state index is 0.0608. The number of para-hydroxylation sites is 1. The summed E-state index contributed by atoms with van der Waals surface area (Å²) in [6.07, 6.45) is 0.651. The number of nitrogens with zero attached hydrogens (tertiary/aromatic N) is 1. The Balaban J connectivity index is 1.58. The summed E-state index contributed by atoms with van der Waals surface area (Å²) in [5.41, 5.74) is 3.41. The van der Waals surface area contributed by atoms with Gasteiger partial charge in [-0.3, -0.25) is 9.10 Å². The largest absolute Gasteiger partial charge is 0.454 e. The summed E-state index contributed by atoms with van der Waals surface area (Å²) in [6.45, 7) is 3.82. The maximum absolute atomic E-state index is 13.5. The molecule has 3 aromatic rings. The molecule has 2 heterocycles. The molecule has 0 aromatic heterocycles. The molecule has 0 bridgehead atoms. The summed E-state index contributed by atoms with van der Waals surface area (Å²) in [5.74, 6) is 0.449. The van der Waals surface area contributed by atoms with Gasteiger partial charge in [-0.15, -0.1) is 0 Å². The van der Waals surface area contributed by atoms with E-state index in [1.165, 1.54) is 16.4 Å². The second-order valence-corrected chi connectivity index (χ2v) is 9.51. The normalized spacial score (nSPS) is 17.3. The highest BCUT2D eigenvalue weighted by Gasteiger charge is 2.36. The Morgan fingerprint density at radius 1 is 1.03 bits per heavy atom. The molecule has 2 aliphatic rings. The van der Waals surface area contributed by atoms with Gasteiger partial charge in [0.25, 0.3) is 15.9 Å². The molecule has 7 heteroatoms. The first-order valence-corrected chi connectivity index (χ1v) is 11.1. The number of rotatable bonds is 2. The van der Waals surface area contributed by atoms with E-state index in [9.17, 15) is 13.2 Å². The van der Waals surface area contributed by atoms with Crippen molar-refractivity contribution >= 4 is 27.3 Å². The molecule has 152 valence electrons. The first-order valence-electron chi connectivity index (χ1n) is 9.71. The second-order valence-electron chi connectivity index (χ2n) is 7.70. The number of nitrogens with one attached hydrogen (secondary N) is 1. The van der Waals surface area contributed by atoms with Crippen LogP contribution in [0.3, 0.4) is 0 Å². The fourth-order valence-corrected chi connectivity index (χ4v) is 5.80. The van der Waals surface area contributed by atoms with Crippen molar-refractivity contribution in [3.8, 4) is 11.5 Å². The molecule has 1 atom stereocenters. The monoisotopic (exact) mass is 420 g/mol. The van der Waals surface area contributed by atoms with Crippen molar-refractivity contribution in [3.63, 3.8) is 0 Å². The van der Waals surface area contributed by atoms with E-state index in [4.69, 9.17) is 4.74 Å². The minimum atomic E-state index is -3.85. The number of hydrogen-bond donors (Lipinski definition) is 1. The molecule has 3 aromatic carbocycles. The average molecular weight is 420 g/mol. The Labute approximate surface area is 175 Å². The van der Waals surface area contributed by atoms with Crippen molar-refractivity contribution in [1.29, 1.82) is 0 Å². The van der Waals surface area contributed by atoms with Gasteiger partial charge in [-0.05, 0) is 67.8 Å². The topological polar surface area (TPSA) is 75.7 Å². The summed E-state index contributed by atoms with van der Waals surface area (Å²) >= 11 is 0. The molecule has 1 amide bonds. The summed E-state index contributed by atoms with van der Waals surface area (Å²) in [4.78, 5) is 12.9. The standard InChI is InChI=1S/C23H20N2O4S/c1-14-7-9-19-22(11-14)29-21-10-8-17(13-18(21)23(26)24-19)30(27,28)25-15(2)12-16-5-3-4-6-20(16)25/h3-11,13,15H,12H2,1-2H3,(H,24,26)/t15-/m1/s1. The van der Waals surface area contributed by atoms with Crippen LogP contribution in [0.25, 0.3) is 0 Å². The van der Waals surface area contributed by atoms with Gasteiger partial charge in [0.15, 0.2) is 5.75 Å². The third-order valence-corrected chi connectivity index (χ3v) is 7.43. The van der Waals surface area contributed by atoms with Crippen molar-refractivity contribution < 1.29 is 17.9 Å². The number of carbonyl (C=O) groups is 1. The van der Waals surface area contributed by atoms with Gasteiger partial charge in [-0.2, -0.15) is 0 Å². The molecule has 0 saturated carbocycles. The van der Waals surface area contributed by atoms with Gasteiger partial charge >= 0.3 is 0 Å². The summed E-state index contributed by atoms with van der Waals surface area (Å²) in [6, 6.07) is 17.2. The van der Waals surface area contributed by atoms with E-state index in [-0.39, 0.29) is 16.5 Å². The van der Waals surface area contributed by atoms with Crippen LogP contribution in [0, 0.1) is 6.92 Å². The van der Waals surface area contributed by atoms with Gasteiger partial charge in [0.1, 0.15) is 5.75 Å². The maximum Gasteiger partial charge on any atom is 0.264 e. The summed E-state index contributed by atoms with van der Waals surface area (Å²) in [7, 11) is -3.85. The van der Waals surface area contributed by atoms with Crippen LogP contribution in [0.1, 0.15) is 28.4 Å². The Hall–Kier alpha value is -3.32. The van der Waals surface area contributed by atoms with Gasteiger partial charge < -0.3 is 10.1 Å². The van der Waals surface area contributed by atoms with E-state index in [2.05, 4.69) is 5.32 Å². The van der Waals surface area contributed by atoms with E-state index in [1.807, 2.05) is 50.2 Å². The van der Waals surface area contributed by atoms with Crippen LogP contribution in [0.4, 0.5) is 11.4 Å². The SMILES string of the molecule is Cc1ccc2c(c1)Oc1ccc(S(=O)(=O)N3c4ccccc4C[C@H]3C)cc1C(=O)N2. The van der Waals surface area contributed by atoms with Crippen LogP contribution in [0.15, 0.2) is 65.6 Å². The van der Waals surface area contributed by atoms with E-state index in [0.29, 0.717) is 29.3 Å². The lowest BCUT2D eigenvalue weighted by molar-refractivity contribution is 0.102. The van der Waals surface area contributed by atoms with Crippen molar-refractivity contribution in [1.82, 2.24) is 0 Å². The third kappa shape index (κ3) is 2.85. The lowest BCUT2D eigenvalue weighted by Gasteiger charge is -2.24. The predicted molar refractivity (Wildman–Crippen MR) is 115 cm³/mol. The zero-order valence-corrected chi connectivity index (χ0v) is 17.4. The fraction of sp³-hybridized carbons (Fsp3) is 0.174. The molecule has 0 fully saturated rings. The number of aryl methyl sites for hydroxylation is 1. The molecule has 6 nitrogen and oxygen atoms in total. The number of hydrogen-bond acceptors (Lipinski definition) is 4. The molecule has 2 aliphatic heterocycles. The molecule has 0 spiro atoms. The highest BCUT2D eigenvalue weighted by molar-refractivity contribution is 7.92. The predicted octanol–water partition coefficient (Wildman–Crippen LogP) is 4.49. The van der Waals surface area contributed by atoms with Gasteiger partial charge in [0.05, 0.1) is 21.8 Å². The Morgan fingerprint density at radius 2 is 1.83 bits per heavy atom. The molecule has 1 N–H and O–H groups in total. The zero-order valence-electron chi connectivity index (χ0n) is 16.5. The third-order valence-electron chi connectivity index (χ3n) is 5.50. The molecular formula is C23H20N2O4S. The molecule has 0 unspecified atom stereocenters. The first kappa shape index (κ1) is 18.7. The van der Waals surface area contributed by atoms with Crippen molar-refractivity contribution in [3.05, 3.63) is 77.4 Å². The molecule has 30 heavy (non-hydrogen) atoms. The number of amides is 1. The van der Waals surface area contributed by atoms with E-state index in [0.717, 1.165) is 11.1 Å². The van der Waals surface area contributed by atoms with Crippen molar-refractivity contribution in [2.75, 3.05) is 9.62 Å². The second kappa shape index (κ2) is 6.60. The van der Waals surface area contributed by atoms with Gasteiger partial charge in [-0.1, -0.05) is 24.3 Å². The molecule has 5 rings (SSSR count). The van der Waals surface area contributed by atoms with Crippen LogP contribution in [-0.2, 0) is 16.4 Å². The van der Waals surface area contributed by atoms with Gasteiger partial charge in [0, 0.05) is 6.04 Å². The number of fused-ring (bicyclic) bond motifs is 3. The van der Waals surface area contributed by atoms with Crippen LogP contribution in [-0.4, -0.2) is 20.4 Å². The number of benzene rings is 3. The lowest BCUT2D eigenvalue weighted by atomic mass is 10.1. The molecule has 0 aliphatic carbocycles. The smallest absolute Gasteiger partial charge is 0.264 e. The number of carbonyl (C=O) groups excluding carboxylic acids is 1. The van der Waals surface area contributed by atoms with Crippen LogP contribution < -0.4 is 14.4 Å². The average Bonchev–Trinajstić information content (AvgIpc) is 2.99. The van der Waals surface area contributed by atoms with Crippen molar-refractivity contribution in [2.45, 2.75) is 31.2 Å². The Bertz CT molecular complexity index is 1300. The molecule has 0 saturated heterocycles. The number of anilines is 2. The van der Waals surface area contributed by atoms with E-state index in [1.54, 1.807) is 12.1 Å². The Morgan fingerprint density at radius 3 is 2.67 bits per heavy atom.